The van der Waals surface area contributed by atoms with Gasteiger partial charge in [-0.1, -0.05) is 12.2 Å². The monoisotopic (exact) mass is 269 g/mol. The van der Waals surface area contributed by atoms with E-state index < -0.39 is 0 Å². The van der Waals surface area contributed by atoms with E-state index >= 15 is 0 Å². The van der Waals surface area contributed by atoms with Gasteiger partial charge in [0.05, 0.1) is 0 Å². The first-order valence-electron chi connectivity index (χ1n) is 5.87. The van der Waals surface area contributed by atoms with E-state index in [1.54, 1.807) is 6.07 Å². The number of thiocarbonyl (C=S) groups is 1. The van der Waals surface area contributed by atoms with E-state index in [0.29, 0.717) is 5.56 Å². The fourth-order valence-corrected chi connectivity index (χ4v) is 1.86. The van der Waals surface area contributed by atoms with E-state index in [-0.39, 0.29) is 10.8 Å². The van der Waals surface area contributed by atoms with Crippen molar-refractivity contribution in [1.29, 1.82) is 0 Å². The van der Waals surface area contributed by atoms with Crippen molar-refractivity contribution in [1.82, 2.24) is 4.90 Å². The highest BCUT2D eigenvalue weighted by Crippen LogP contribution is 2.17. The SMILES string of the molecule is CN(C)CCCN(C)c1ccc(C(N)=S)c(F)c1. The molecule has 0 aliphatic rings. The largest absolute Gasteiger partial charge is 0.389 e. The van der Waals surface area contributed by atoms with Gasteiger partial charge in [0.1, 0.15) is 10.8 Å². The number of rotatable bonds is 6. The predicted octanol–water partition coefficient (Wildman–Crippen LogP) is 1.85. The van der Waals surface area contributed by atoms with Crippen molar-refractivity contribution in [3.8, 4) is 0 Å². The third kappa shape index (κ3) is 4.23. The molecule has 0 spiro atoms. The smallest absolute Gasteiger partial charge is 0.135 e. The fraction of sp³-hybridized carbons (Fsp3) is 0.462. The summed E-state index contributed by atoms with van der Waals surface area (Å²) >= 11 is 4.78. The molecule has 100 valence electrons. The number of anilines is 1. The topological polar surface area (TPSA) is 32.5 Å². The lowest BCUT2D eigenvalue weighted by molar-refractivity contribution is 0.401. The molecule has 1 rings (SSSR count). The van der Waals surface area contributed by atoms with Crippen LogP contribution in [0.4, 0.5) is 10.1 Å². The summed E-state index contributed by atoms with van der Waals surface area (Å²) < 4.78 is 13.7. The predicted molar refractivity (Wildman–Crippen MR) is 78.7 cm³/mol. The van der Waals surface area contributed by atoms with Crippen LogP contribution < -0.4 is 10.6 Å². The molecule has 0 radical (unpaired) electrons. The van der Waals surface area contributed by atoms with Crippen LogP contribution in [0.25, 0.3) is 0 Å². The van der Waals surface area contributed by atoms with Gasteiger partial charge >= 0.3 is 0 Å². The summed E-state index contributed by atoms with van der Waals surface area (Å²) in [6, 6.07) is 4.95. The van der Waals surface area contributed by atoms with Gasteiger partial charge in [0.25, 0.3) is 0 Å². The average molecular weight is 269 g/mol. The van der Waals surface area contributed by atoms with E-state index in [4.69, 9.17) is 18.0 Å². The standard InChI is InChI=1S/C13H20FN3S/c1-16(2)7-4-8-17(3)10-5-6-11(13(15)18)12(14)9-10/h5-6,9H,4,7-8H2,1-3H3,(H2,15,18). The third-order valence-electron chi connectivity index (χ3n) is 2.76. The Hall–Kier alpha value is -1.20. The Bertz CT molecular complexity index is 421. The first-order valence-corrected chi connectivity index (χ1v) is 6.28. The van der Waals surface area contributed by atoms with Gasteiger partial charge in [-0.05, 0) is 45.3 Å². The second-order valence-corrected chi connectivity index (χ2v) is 5.05. The molecule has 5 heteroatoms. The van der Waals surface area contributed by atoms with Gasteiger partial charge in [0.2, 0.25) is 0 Å². The zero-order valence-electron chi connectivity index (χ0n) is 11.1. The Morgan fingerprint density at radius 3 is 2.44 bits per heavy atom. The molecule has 0 saturated carbocycles. The number of halogens is 1. The Morgan fingerprint density at radius 2 is 1.94 bits per heavy atom. The highest BCUT2D eigenvalue weighted by Gasteiger charge is 2.08. The molecule has 0 fully saturated rings. The van der Waals surface area contributed by atoms with Crippen LogP contribution in [0.3, 0.4) is 0 Å². The van der Waals surface area contributed by atoms with Gasteiger partial charge in [-0.2, -0.15) is 0 Å². The Morgan fingerprint density at radius 1 is 1.28 bits per heavy atom. The Labute approximate surface area is 113 Å². The zero-order valence-corrected chi connectivity index (χ0v) is 11.9. The van der Waals surface area contributed by atoms with Crippen LogP contribution in [-0.4, -0.2) is 44.1 Å². The second kappa shape index (κ2) is 6.66. The van der Waals surface area contributed by atoms with Crippen molar-refractivity contribution >= 4 is 22.9 Å². The molecule has 0 saturated heterocycles. The molecule has 0 aliphatic carbocycles. The summed E-state index contributed by atoms with van der Waals surface area (Å²) in [6.45, 7) is 1.89. The number of benzene rings is 1. The van der Waals surface area contributed by atoms with E-state index in [2.05, 4.69) is 4.90 Å². The Kier molecular flexibility index (Phi) is 5.50. The van der Waals surface area contributed by atoms with E-state index in [9.17, 15) is 4.39 Å². The molecule has 2 N–H and O–H groups in total. The molecule has 1 aromatic carbocycles. The maximum atomic E-state index is 13.7. The molecule has 0 aliphatic heterocycles. The molecule has 0 unspecified atom stereocenters. The minimum Gasteiger partial charge on any atom is -0.389 e. The van der Waals surface area contributed by atoms with Crippen molar-refractivity contribution in [3.05, 3.63) is 29.6 Å². The van der Waals surface area contributed by atoms with Crippen molar-refractivity contribution < 1.29 is 4.39 Å². The van der Waals surface area contributed by atoms with Crippen LogP contribution in [0.1, 0.15) is 12.0 Å². The van der Waals surface area contributed by atoms with E-state index in [1.807, 2.05) is 32.1 Å². The van der Waals surface area contributed by atoms with Crippen LogP contribution in [0.15, 0.2) is 18.2 Å². The number of hydrogen-bond donors (Lipinski definition) is 1. The maximum Gasteiger partial charge on any atom is 0.135 e. The van der Waals surface area contributed by atoms with Gasteiger partial charge < -0.3 is 15.5 Å². The molecule has 3 nitrogen and oxygen atoms in total. The summed E-state index contributed by atoms with van der Waals surface area (Å²) in [5.41, 5.74) is 6.57. The minimum atomic E-state index is -0.362. The van der Waals surface area contributed by atoms with Crippen molar-refractivity contribution in [3.63, 3.8) is 0 Å². The van der Waals surface area contributed by atoms with Crippen molar-refractivity contribution in [2.24, 2.45) is 5.73 Å². The van der Waals surface area contributed by atoms with Crippen LogP contribution in [0.5, 0.6) is 0 Å². The zero-order chi connectivity index (χ0) is 13.7. The molecular formula is C13H20FN3S. The average Bonchev–Trinajstić information content (AvgIpc) is 2.27. The van der Waals surface area contributed by atoms with Crippen molar-refractivity contribution in [2.75, 3.05) is 39.1 Å². The highest BCUT2D eigenvalue weighted by molar-refractivity contribution is 7.80. The van der Waals surface area contributed by atoms with Gasteiger partial charge in [0.15, 0.2) is 0 Å². The van der Waals surface area contributed by atoms with Crippen LogP contribution in [-0.2, 0) is 0 Å². The second-order valence-electron chi connectivity index (χ2n) is 4.61. The number of hydrogen-bond acceptors (Lipinski definition) is 3. The number of nitrogens with two attached hydrogens (primary N) is 1. The quantitative estimate of drug-likeness (QED) is 0.799. The molecule has 0 bridgehead atoms. The lowest BCUT2D eigenvalue weighted by Gasteiger charge is -2.21. The molecule has 18 heavy (non-hydrogen) atoms. The van der Waals surface area contributed by atoms with Gasteiger partial charge in [-0.3, -0.25) is 0 Å². The summed E-state index contributed by atoms with van der Waals surface area (Å²) in [5, 5.41) is 0. The van der Waals surface area contributed by atoms with Crippen LogP contribution in [0, 0.1) is 5.82 Å². The van der Waals surface area contributed by atoms with Gasteiger partial charge in [-0.25, -0.2) is 4.39 Å². The molecule has 0 aromatic heterocycles. The Balaban J connectivity index is 2.66. The first kappa shape index (κ1) is 14.9. The molecule has 0 atom stereocenters. The summed E-state index contributed by atoms with van der Waals surface area (Å²) in [7, 11) is 6.03. The third-order valence-corrected chi connectivity index (χ3v) is 2.98. The normalized spacial score (nSPS) is 10.7. The minimum absolute atomic E-state index is 0.0920. The summed E-state index contributed by atoms with van der Waals surface area (Å²) in [4.78, 5) is 4.25. The maximum absolute atomic E-state index is 13.7. The number of nitrogens with zero attached hydrogens (tertiary/aromatic N) is 2. The van der Waals surface area contributed by atoms with Gasteiger partial charge in [-0.15, -0.1) is 0 Å². The van der Waals surface area contributed by atoms with Crippen LogP contribution in [0.2, 0.25) is 0 Å². The summed E-state index contributed by atoms with van der Waals surface area (Å²) in [6.07, 6.45) is 1.03. The lowest BCUT2D eigenvalue weighted by Crippen LogP contribution is -2.23. The van der Waals surface area contributed by atoms with Crippen LogP contribution >= 0.6 is 12.2 Å². The lowest BCUT2D eigenvalue weighted by atomic mass is 10.2. The highest BCUT2D eigenvalue weighted by atomic mass is 32.1. The summed E-state index contributed by atoms with van der Waals surface area (Å²) in [5.74, 6) is -0.362. The van der Waals surface area contributed by atoms with Gasteiger partial charge in [0, 0.05) is 24.8 Å². The van der Waals surface area contributed by atoms with E-state index in [0.717, 1.165) is 25.2 Å². The van der Waals surface area contributed by atoms with Crippen molar-refractivity contribution in [2.45, 2.75) is 6.42 Å². The molecular weight excluding hydrogens is 249 g/mol. The molecule has 0 heterocycles. The van der Waals surface area contributed by atoms with E-state index in [1.165, 1.54) is 6.07 Å². The first-order chi connectivity index (χ1) is 8.41. The molecule has 1 aromatic rings. The fourth-order valence-electron chi connectivity index (χ4n) is 1.69. The molecule has 0 amide bonds.